The number of fused-ring (bicyclic) bond motifs is 3. The molecule has 1 aromatic heterocycles. The smallest absolute Gasteiger partial charge is 0.268 e. The molecule has 9 aromatic rings. The molecule has 1 heterocycles. The summed E-state index contributed by atoms with van der Waals surface area (Å²) in [4.78, 5) is 4.42. The molecule has 72 heavy (non-hydrogen) atoms. The number of ether oxygens (including phenoxy) is 4. The van der Waals surface area contributed by atoms with Crippen molar-refractivity contribution in [1.29, 1.82) is 0 Å². The van der Waals surface area contributed by atoms with E-state index in [-0.39, 0.29) is 5.92 Å². The highest BCUT2D eigenvalue weighted by atomic mass is 32.2. The zero-order valence-electron chi connectivity index (χ0n) is 41.1. The number of benzene rings is 8. The highest BCUT2D eigenvalue weighted by Gasteiger charge is 2.33. The summed E-state index contributed by atoms with van der Waals surface area (Å²) in [5.41, 5.74) is 12.0. The van der Waals surface area contributed by atoms with Crippen molar-refractivity contribution < 1.29 is 31.9 Å². The van der Waals surface area contributed by atoms with E-state index < -0.39 is 15.4 Å². The second kappa shape index (κ2) is 20.9. The third kappa shape index (κ3) is 9.70. The molecule has 1 saturated carbocycles. The standard InChI is InChI=1S/C61H59N3O7S/c1-68-51-32-24-47(25-33-51)63(48-26-34-52(69-2)35-27-48)45-20-16-42(17-21-45)55-12-8-14-57-60(55)61-56(13-9-15-58(61)62(57)41-40-59(72(65,66)67)44-10-6-5-7-11-44)43-18-22-46(23-19-43)64(49-28-36-53(70-3)37-29-49)50-30-38-54(71-4)39-31-50/h8-9,12-39,44,59H,5-7,10-11,40-41H2,1-4H3,(H,65,66,67). The van der Waals surface area contributed by atoms with Crippen molar-refractivity contribution in [2.45, 2.75) is 50.3 Å². The summed E-state index contributed by atoms with van der Waals surface area (Å²) in [6.45, 7) is 0.420. The van der Waals surface area contributed by atoms with Crippen LogP contribution < -0.4 is 28.7 Å². The van der Waals surface area contributed by atoms with E-state index in [4.69, 9.17) is 18.9 Å². The number of hydrogen-bond acceptors (Lipinski definition) is 8. The molecule has 10 rings (SSSR count). The third-order valence-corrected chi connectivity index (χ3v) is 15.7. The van der Waals surface area contributed by atoms with Gasteiger partial charge in [0.1, 0.15) is 23.0 Å². The summed E-state index contributed by atoms with van der Waals surface area (Å²) in [5, 5.41) is 1.30. The van der Waals surface area contributed by atoms with E-state index in [1.54, 1.807) is 28.4 Å². The quantitative estimate of drug-likeness (QED) is 0.0894. The van der Waals surface area contributed by atoms with Gasteiger partial charge in [-0.3, -0.25) is 4.55 Å². The average molecular weight is 978 g/mol. The van der Waals surface area contributed by atoms with E-state index in [0.717, 1.165) is 133 Å². The first-order valence-corrected chi connectivity index (χ1v) is 26.0. The summed E-state index contributed by atoms with van der Waals surface area (Å²) in [6, 6.07) is 62.3. The summed E-state index contributed by atoms with van der Waals surface area (Å²) in [5.74, 6) is 3.03. The third-order valence-electron chi connectivity index (χ3n) is 14.3. The second-order valence-electron chi connectivity index (χ2n) is 18.3. The molecule has 1 N–H and O–H groups in total. The van der Waals surface area contributed by atoms with Gasteiger partial charge in [0.25, 0.3) is 10.1 Å². The van der Waals surface area contributed by atoms with Gasteiger partial charge in [0.05, 0.1) is 33.7 Å². The Morgan fingerprint density at radius 1 is 0.472 bits per heavy atom. The van der Waals surface area contributed by atoms with Gasteiger partial charge in [-0.1, -0.05) is 67.8 Å². The molecule has 8 aromatic carbocycles. The molecule has 0 spiro atoms. The molecule has 1 atom stereocenters. The predicted octanol–water partition coefficient (Wildman–Crippen LogP) is 15.3. The maximum atomic E-state index is 13.1. The number of nitrogens with zero attached hydrogens (tertiary/aromatic N) is 3. The van der Waals surface area contributed by atoms with Crippen LogP contribution in [0.1, 0.15) is 38.5 Å². The van der Waals surface area contributed by atoms with Crippen LogP contribution in [0.4, 0.5) is 34.1 Å². The van der Waals surface area contributed by atoms with Gasteiger partial charge in [0.15, 0.2) is 0 Å². The monoisotopic (exact) mass is 977 g/mol. The summed E-state index contributed by atoms with van der Waals surface area (Å²) in [6.07, 6.45) is 4.97. The van der Waals surface area contributed by atoms with Crippen LogP contribution in [0.3, 0.4) is 0 Å². The molecule has 10 nitrogen and oxygen atoms in total. The molecule has 1 unspecified atom stereocenters. The van der Waals surface area contributed by atoms with Gasteiger partial charge >= 0.3 is 0 Å². The Morgan fingerprint density at radius 2 is 0.792 bits per heavy atom. The van der Waals surface area contributed by atoms with E-state index in [1.807, 2.05) is 48.5 Å². The van der Waals surface area contributed by atoms with E-state index in [0.29, 0.717) is 13.0 Å². The summed E-state index contributed by atoms with van der Waals surface area (Å²) < 4.78 is 61.3. The lowest BCUT2D eigenvalue weighted by atomic mass is 9.85. The molecule has 0 bridgehead atoms. The van der Waals surface area contributed by atoms with Crippen molar-refractivity contribution in [1.82, 2.24) is 4.57 Å². The van der Waals surface area contributed by atoms with Crippen molar-refractivity contribution in [3.63, 3.8) is 0 Å². The van der Waals surface area contributed by atoms with Gasteiger partial charge in [0.2, 0.25) is 0 Å². The van der Waals surface area contributed by atoms with E-state index >= 15 is 0 Å². The first-order chi connectivity index (χ1) is 35.1. The van der Waals surface area contributed by atoms with Crippen LogP contribution in [0.15, 0.2) is 182 Å². The Hall–Kier alpha value is -7.73. The molecule has 366 valence electrons. The minimum absolute atomic E-state index is 0.0733. The Bertz CT molecular complexity index is 3090. The largest absolute Gasteiger partial charge is 0.497 e. The zero-order chi connectivity index (χ0) is 49.8. The van der Waals surface area contributed by atoms with Crippen LogP contribution in [0.5, 0.6) is 23.0 Å². The number of anilines is 6. The molecule has 0 aliphatic heterocycles. The number of rotatable bonds is 17. The van der Waals surface area contributed by atoms with Gasteiger partial charge < -0.3 is 33.3 Å². The molecule has 0 amide bonds. The Balaban J connectivity index is 1.10. The molecule has 0 radical (unpaired) electrons. The van der Waals surface area contributed by atoms with Crippen molar-refractivity contribution in [2.24, 2.45) is 5.92 Å². The molecule has 11 heteroatoms. The van der Waals surface area contributed by atoms with Gasteiger partial charge in [-0.15, -0.1) is 0 Å². The summed E-state index contributed by atoms with van der Waals surface area (Å²) >= 11 is 0. The van der Waals surface area contributed by atoms with Crippen LogP contribution in [-0.4, -0.2) is 51.2 Å². The van der Waals surface area contributed by atoms with E-state index in [2.05, 4.69) is 148 Å². The van der Waals surface area contributed by atoms with Crippen LogP contribution in [0.2, 0.25) is 0 Å². The number of aryl methyl sites for hydroxylation is 1. The number of hydrogen-bond donors (Lipinski definition) is 1. The topological polar surface area (TPSA) is 103 Å². The Kier molecular flexibility index (Phi) is 13.9. The minimum Gasteiger partial charge on any atom is -0.497 e. The van der Waals surface area contributed by atoms with Gasteiger partial charge in [-0.05, 0) is 181 Å². The van der Waals surface area contributed by atoms with Gasteiger partial charge in [-0.25, -0.2) is 0 Å². The van der Waals surface area contributed by atoms with Crippen LogP contribution >= 0.6 is 0 Å². The van der Waals surface area contributed by atoms with Crippen LogP contribution in [0.25, 0.3) is 44.1 Å². The normalized spacial score (nSPS) is 13.5. The van der Waals surface area contributed by atoms with Gasteiger partial charge in [-0.2, -0.15) is 8.42 Å². The predicted molar refractivity (Wildman–Crippen MR) is 292 cm³/mol. The fourth-order valence-corrected chi connectivity index (χ4v) is 11.9. The maximum Gasteiger partial charge on any atom is 0.268 e. The van der Waals surface area contributed by atoms with Gasteiger partial charge in [0, 0.05) is 62.5 Å². The molecular formula is C61H59N3O7S. The SMILES string of the molecule is COc1ccc(N(c2ccc(OC)cc2)c2ccc(-c3cccc4c3c3c(-c5ccc(N(c6ccc(OC)cc6)c6ccc(OC)cc6)cc5)cccc3n4CCC(C3CCCCC3)S(=O)(=O)O)cc2)cc1. The lowest BCUT2D eigenvalue weighted by Crippen LogP contribution is -2.32. The van der Waals surface area contributed by atoms with Crippen molar-refractivity contribution >= 4 is 66.0 Å². The molecule has 1 fully saturated rings. The fraction of sp³-hybridized carbons (Fsp3) is 0.213. The molecule has 1 aliphatic rings. The molecule has 1 aliphatic carbocycles. The maximum absolute atomic E-state index is 13.1. The Morgan fingerprint density at radius 3 is 1.10 bits per heavy atom. The Labute approximate surface area is 422 Å². The summed E-state index contributed by atoms with van der Waals surface area (Å²) in [7, 11) is 2.39. The number of aromatic nitrogens is 1. The van der Waals surface area contributed by atoms with Crippen molar-refractivity contribution in [3.8, 4) is 45.3 Å². The zero-order valence-corrected chi connectivity index (χ0v) is 41.9. The number of methoxy groups -OCH3 is 4. The van der Waals surface area contributed by atoms with E-state index in [9.17, 15) is 13.0 Å². The lowest BCUT2D eigenvalue weighted by Gasteiger charge is -2.28. The van der Waals surface area contributed by atoms with E-state index in [1.165, 1.54) is 0 Å². The van der Waals surface area contributed by atoms with Crippen LogP contribution in [-0.2, 0) is 16.7 Å². The fourth-order valence-electron chi connectivity index (χ4n) is 10.7. The van der Waals surface area contributed by atoms with Crippen LogP contribution in [0, 0.1) is 5.92 Å². The first kappa shape index (κ1) is 47.9. The highest BCUT2D eigenvalue weighted by Crippen LogP contribution is 2.45. The molecule has 0 saturated heterocycles. The highest BCUT2D eigenvalue weighted by molar-refractivity contribution is 7.86. The van der Waals surface area contributed by atoms with Crippen molar-refractivity contribution in [3.05, 3.63) is 182 Å². The second-order valence-corrected chi connectivity index (χ2v) is 20.0. The average Bonchev–Trinajstić information content (AvgIpc) is 3.76. The lowest BCUT2D eigenvalue weighted by molar-refractivity contribution is 0.314. The first-order valence-electron chi connectivity index (χ1n) is 24.5. The minimum atomic E-state index is -4.29. The van der Waals surface area contributed by atoms with Crippen molar-refractivity contribution in [2.75, 3.05) is 38.2 Å². The molecular weight excluding hydrogens is 919 g/mol.